The molecule has 2 rings (SSSR count). The van der Waals surface area contributed by atoms with Crippen molar-refractivity contribution in [2.45, 2.75) is 32.2 Å². The Morgan fingerprint density at radius 1 is 1.18 bits per heavy atom. The highest BCUT2D eigenvalue weighted by molar-refractivity contribution is 14.0. The standard InChI is InChI=1S/C21H36N4OS.HI/c1-22-21(23-12-4-5-15-27-3)24-16-18-10-13-25(14-11-18)17-19-6-8-20(26-2)9-7-19;/h6-9,18H,4-5,10-17H2,1-3H3,(H2,22,23,24);1H. The number of likely N-dealkylation sites (tertiary alicyclic amines) is 1. The van der Waals surface area contributed by atoms with Gasteiger partial charge in [0.25, 0.3) is 0 Å². The van der Waals surface area contributed by atoms with Gasteiger partial charge in [-0.1, -0.05) is 12.1 Å². The van der Waals surface area contributed by atoms with Gasteiger partial charge in [-0.2, -0.15) is 11.8 Å². The molecule has 0 aromatic heterocycles. The molecule has 1 aliphatic heterocycles. The summed E-state index contributed by atoms with van der Waals surface area (Å²) in [5.41, 5.74) is 1.36. The number of benzene rings is 1. The maximum Gasteiger partial charge on any atom is 0.190 e. The molecule has 5 nitrogen and oxygen atoms in total. The van der Waals surface area contributed by atoms with Crippen LogP contribution in [0.1, 0.15) is 31.2 Å². The third-order valence-corrected chi connectivity index (χ3v) is 5.82. The zero-order chi connectivity index (χ0) is 19.3. The van der Waals surface area contributed by atoms with Gasteiger partial charge in [-0.25, -0.2) is 0 Å². The quantitative estimate of drug-likeness (QED) is 0.213. The number of ether oxygens (including phenoxy) is 1. The van der Waals surface area contributed by atoms with Crippen molar-refractivity contribution in [3.63, 3.8) is 0 Å². The van der Waals surface area contributed by atoms with Gasteiger partial charge in [-0.15, -0.1) is 24.0 Å². The molecule has 1 aromatic rings. The van der Waals surface area contributed by atoms with Gasteiger partial charge in [-0.3, -0.25) is 9.89 Å². The largest absolute Gasteiger partial charge is 0.497 e. The topological polar surface area (TPSA) is 48.9 Å². The van der Waals surface area contributed by atoms with Crippen molar-refractivity contribution in [2.24, 2.45) is 10.9 Å². The first-order valence-corrected chi connectivity index (χ1v) is 11.4. The van der Waals surface area contributed by atoms with Crippen LogP contribution in [0, 0.1) is 5.92 Å². The molecule has 2 N–H and O–H groups in total. The van der Waals surface area contributed by atoms with Crippen LogP contribution < -0.4 is 15.4 Å². The molecule has 0 radical (unpaired) electrons. The van der Waals surface area contributed by atoms with Crippen molar-refractivity contribution in [3.8, 4) is 5.75 Å². The number of piperidine rings is 1. The second-order valence-electron chi connectivity index (χ2n) is 7.15. The third kappa shape index (κ3) is 9.69. The summed E-state index contributed by atoms with van der Waals surface area (Å²) in [7, 11) is 3.57. The fourth-order valence-corrected chi connectivity index (χ4v) is 3.87. The monoisotopic (exact) mass is 520 g/mol. The van der Waals surface area contributed by atoms with E-state index in [0.29, 0.717) is 0 Å². The van der Waals surface area contributed by atoms with E-state index in [0.717, 1.165) is 37.3 Å². The Labute approximate surface area is 192 Å². The van der Waals surface area contributed by atoms with Crippen LogP contribution in [0.4, 0.5) is 0 Å². The molecule has 0 unspecified atom stereocenters. The summed E-state index contributed by atoms with van der Waals surface area (Å²) in [6, 6.07) is 8.43. The van der Waals surface area contributed by atoms with Crippen molar-refractivity contribution >= 4 is 41.7 Å². The zero-order valence-electron chi connectivity index (χ0n) is 17.6. The number of guanidine groups is 1. The molecule has 0 spiro atoms. The van der Waals surface area contributed by atoms with Crippen molar-refractivity contribution in [1.82, 2.24) is 15.5 Å². The Morgan fingerprint density at radius 3 is 2.50 bits per heavy atom. The molecule has 1 heterocycles. The van der Waals surface area contributed by atoms with E-state index < -0.39 is 0 Å². The van der Waals surface area contributed by atoms with Gasteiger partial charge in [0.05, 0.1) is 7.11 Å². The first-order chi connectivity index (χ1) is 13.2. The van der Waals surface area contributed by atoms with Crippen LogP contribution in [0.25, 0.3) is 0 Å². The molecule has 0 saturated carbocycles. The Hall–Kier alpha value is -0.670. The summed E-state index contributed by atoms with van der Waals surface area (Å²) in [5, 5.41) is 6.94. The summed E-state index contributed by atoms with van der Waals surface area (Å²) >= 11 is 1.91. The minimum atomic E-state index is 0. The van der Waals surface area contributed by atoms with Crippen molar-refractivity contribution in [3.05, 3.63) is 29.8 Å². The maximum absolute atomic E-state index is 5.23. The molecular weight excluding hydrogens is 483 g/mol. The number of unbranched alkanes of at least 4 members (excludes halogenated alkanes) is 1. The van der Waals surface area contributed by atoms with E-state index in [1.807, 2.05) is 30.9 Å². The number of thioether (sulfide) groups is 1. The number of halogens is 1. The lowest BCUT2D eigenvalue weighted by molar-refractivity contribution is 0.178. The van der Waals surface area contributed by atoms with Crippen molar-refractivity contribution < 1.29 is 4.74 Å². The number of nitrogens with zero attached hydrogens (tertiary/aromatic N) is 2. The smallest absolute Gasteiger partial charge is 0.190 e. The number of hydrogen-bond donors (Lipinski definition) is 2. The molecule has 1 saturated heterocycles. The minimum absolute atomic E-state index is 0. The van der Waals surface area contributed by atoms with Gasteiger partial charge in [-0.05, 0) is 74.4 Å². The van der Waals surface area contributed by atoms with E-state index >= 15 is 0 Å². The van der Waals surface area contributed by atoms with Gasteiger partial charge >= 0.3 is 0 Å². The molecule has 0 amide bonds. The number of rotatable bonds is 10. The molecule has 1 aliphatic rings. The van der Waals surface area contributed by atoms with Gasteiger partial charge in [0.15, 0.2) is 5.96 Å². The van der Waals surface area contributed by atoms with Crippen LogP contribution in [0.15, 0.2) is 29.3 Å². The van der Waals surface area contributed by atoms with Crippen molar-refractivity contribution in [1.29, 1.82) is 0 Å². The summed E-state index contributed by atoms with van der Waals surface area (Å²) in [6.45, 7) is 5.38. The Balaban J connectivity index is 0.00000392. The normalized spacial score (nSPS) is 15.8. The minimum Gasteiger partial charge on any atom is -0.497 e. The van der Waals surface area contributed by atoms with Gasteiger partial charge < -0.3 is 15.4 Å². The lowest BCUT2D eigenvalue weighted by atomic mass is 9.96. The highest BCUT2D eigenvalue weighted by Crippen LogP contribution is 2.19. The van der Waals surface area contributed by atoms with E-state index in [2.05, 4.69) is 38.9 Å². The SMILES string of the molecule is CN=C(NCCCCSC)NCC1CCN(Cc2ccc(OC)cc2)CC1.I. The van der Waals surface area contributed by atoms with Crippen LogP contribution in [0.3, 0.4) is 0 Å². The fourth-order valence-electron chi connectivity index (χ4n) is 3.38. The van der Waals surface area contributed by atoms with Gasteiger partial charge in [0.2, 0.25) is 0 Å². The van der Waals surface area contributed by atoms with Crippen molar-refractivity contribution in [2.75, 3.05) is 52.3 Å². The van der Waals surface area contributed by atoms with Crippen LogP contribution >= 0.6 is 35.7 Å². The lowest BCUT2D eigenvalue weighted by Crippen LogP contribution is -2.43. The first-order valence-electron chi connectivity index (χ1n) is 10.0. The number of methoxy groups -OCH3 is 1. The number of hydrogen-bond acceptors (Lipinski definition) is 4. The summed E-state index contributed by atoms with van der Waals surface area (Å²) < 4.78 is 5.23. The van der Waals surface area contributed by atoms with E-state index in [1.54, 1.807) is 7.11 Å². The van der Waals surface area contributed by atoms with Gasteiger partial charge in [0.1, 0.15) is 5.75 Å². The molecule has 0 bridgehead atoms. The Kier molecular flexibility index (Phi) is 13.8. The van der Waals surface area contributed by atoms with E-state index in [4.69, 9.17) is 4.74 Å². The summed E-state index contributed by atoms with van der Waals surface area (Å²) in [6.07, 6.45) is 7.11. The predicted molar refractivity (Wildman–Crippen MR) is 133 cm³/mol. The number of nitrogens with one attached hydrogen (secondary N) is 2. The Bertz CT molecular complexity index is 548. The van der Waals surface area contributed by atoms with Gasteiger partial charge in [0, 0.05) is 26.7 Å². The average Bonchev–Trinajstić information content (AvgIpc) is 2.72. The third-order valence-electron chi connectivity index (χ3n) is 5.12. The molecule has 1 fully saturated rings. The predicted octanol–water partition coefficient (Wildman–Crippen LogP) is 3.83. The van der Waals surface area contributed by atoms with Crippen LogP contribution in [0.5, 0.6) is 5.75 Å². The maximum atomic E-state index is 5.23. The zero-order valence-corrected chi connectivity index (χ0v) is 20.7. The second-order valence-corrected chi connectivity index (χ2v) is 8.13. The van der Waals surface area contributed by atoms with E-state index in [1.165, 1.54) is 50.1 Å². The second kappa shape index (κ2) is 15.2. The van der Waals surface area contributed by atoms with Crippen LogP contribution in [-0.4, -0.2) is 63.2 Å². The highest BCUT2D eigenvalue weighted by Gasteiger charge is 2.19. The lowest BCUT2D eigenvalue weighted by Gasteiger charge is -2.32. The molecular formula is C21H37IN4OS. The molecule has 7 heteroatoms. The van der Waals surface area contributed by atoms with Crippen LogP contribution in [-0.2, 0) is 6.54 Å². The average molecular weight is 521 g/mol. The molecule has 0 atom stereocenters. The van der Waals surface area contributed by atoms with E-state index in [-0.39, 0.29) is 24.0 Å². The highest BCUT2D eigenvalue weighted by atomic mass is 127. The van der Waals surface area contributed by atoms with E-state index in [9.17, 15) is 0 Å². The fraction of sp³-hybridized carbons (Fsp3) is 0.667. The molecule has 160 valence electrons. The summed E-state index contributed by atoms with van der Waals surface area (Å²) in [4.78, 5) is 6.90. The number of aliphatic imine (C=N–C) groups is 1. The molecule has 0 aliphatic carbocycles. The first kappa shape index (κ1) is 25.4. The Morgan fingerprint density at radius 2 is 1.89 bits per heavy atom. The molecule has 28 heavy (non-hydrogen) atoms. The molecule has 1 aromatic carbocycles. The van der Waals surface area contributed by atoms with Crippen LogP contribution in [0.2, 0.25) is 0 Å². The summed E-state index contributed by atoms with van der Waals surface area (Å²) in [5.74, 6) is 3.84.